The van der Waals surface area contributed by atoms with Crippen LogP contribution in [0.4, 0.5) is 0 Å². The van der Waals surface area contributed by atoms with Crippen molar-refractivity contribution in [3.63, 3.8) is 0 Å². The standard InChI is InChI=1S/C9H19NO5/c1-4(10)3-14-9-8(13)7(12)6(11)5(2)15-9/h4-9,11-13H,3,10H2,1-2H3/t4?,5-,6+,7+,8-,9+/m0/s1. The third-order valence-corrected chi connectivity index (χ3v) is 2.33. The number of nitrogens with two attached hydrogens (primary N) is 1. The predicted molar refractivity (Wildman–Crippen MR) is 52.0 cm³/mol. The van der Waals surface area contributed by atoms with Crippen molar-refractivity contribution in [3.8, 4) is 0 Å². The minimum absolute atomic E-state index is 0.180. The van der Waals surface area contributed by atoms with Crippen molar-refractivity contribution in [2.75, 3.05) is 6.61 Å². The van der Waals surface area contributed by atoms with Crippen LogP contribution >= 0.6 is 0 Å². The Morgan fingerprint density at radius 1 is 1.27 bits per heavy atom. The average molecular weight is 221 g/mol. The van der Waals surface area contributed by atoms with Gasteiger partial charge in [0.2, 0.25) is 0 Å². The molecule has 6 atom stereocenters. The number of rotatable bonds is 3. The zero-order chi connectivity index (χ0) is 11.6. The molecule has 0 aromatic heterocycles. The molecular weight excluding hydrogens is 202 g/mol. The normalized spacial score (nSPS) is 44.0. The minimum Gasteiger partial charge on any atom is -0.388 e. The molecule has 0 aliphatic carbocycles. The lowest BCUT2D eigenvalue weighted by Crippen LogP contribution is -2.57. The Labute approximate surface area is 88.6 Å². The quantitative estimate of drug-likeness (QED) is 0.447. The van der Waals surface area contributed by atoms with E-state index in [0.717, 1.165) is 0 Å². The van der Waals surface area contributed by atoms with Crippen LogP contribution in [-0.4, -0.2) is 58.7 Å². The molecule has 0 amide bonds. The molecule has 1 aliphatic heterocycles. The van der Waals surface area contributed by atoms with Crippen LogP contribution in [0, 0.1) is 0 Å². The van der Waals surface area contributed by atoms with Crippen molar-refractivity contribution in [2.45, 2.75) is 50.6 Å². The molecule has 1 heterocycles. The molecule has 1 rings (SSSR count). The van der Waals surface area contributed by atoms with Crippen LogP contribution in [0.25, 0.3) is 0 Å². The van der Waals surface area contributed by atoms with Crippen LogP contribution in [0.15, 0.2) is 0 Å². The van der Waals surface area contributed by atoms with Crippen LogP contribution in [0.1, 0.15) is 13.8 Å². The van der Waals surface area contributed by atoms with E-state index in [-0.39, 0.29) is 12.6 Å². The molecule has 1 fully saturated rings. The van der Waals surface area contributed by atoms with Gasteiger partial charge in [0.1, 0.15) is 18.3 Å². The summed E-state index contributed by atoms with van der Waals surface area (Å²) < 4.78 is 10.4. The van der Waals surface area contributed by atoms with Gasteiger partial charge in [0.05, 0.1) is 12.7 Å². The van der Waals surface area contributed by atoms with Crippen molar-refractivity contribution in [3.05, 3.63) is 0 Å². The maximum atomic E-state index is 9.54. The number of hydrogen-bond acceptors (Lipinski definition) is 6. The first kappa shape index (κ1) is 12.8. The highest BCUT2D eigenvalue weighted by molar-refractivity contribution is 4.87. The van der Waals surface area contributed by atoms with Gasteiger partial charge in [-0.25, -0.2) is 0 Å². The molecule has 6 heteroatoms. The molecule has 0 bridgehead atoms. The van der Waals surface area contributed by atoms with Crippen LogP contribution < -0.4 is 5.73 Å². The molecule has 0 aromatic carbocycles. The summed E-state index contributed by atoms with van der Waals surface area (Å²) >= 11 is 0. The molecular formula is C9H19NO5. The van der Waals surface area contributed by atoms with Gasteiger partial charge in [-0.05, 0) is 13.8 Å². The molecule has 90 valence electrons. The molecule has 1 saturated heterocycles. The lowest BCUT2D eigenvalue weighted by molar-refractivity contribution is -0.293. The Morgan fingerprint density at radius 2 is 1.87 bits per heavy atom. The molecule has 0 saturated carbocycles. The van der Waals surface area contributed by atoms with E-state index in [2.05, 4.69) is 0 Å². The summed E-state index contributed by atoms with van der Waals surface area (Å²) in [6.45, 7) is 3.57. The SMILES string of the molecule is CC(N)CO[C@@H]1O[C@@H](C)[C@@H](O)[C@@H](O)[C@@H]1O. The summed E-state index contributed by atoms with van der Waals surface area (Å²) in [5, 5.41) is 28.4. The van der Waals surface area contributed by atoms with Crippen LogP contribution in [0.3, 0.4) is 0 Å². The van der Waals surface area contributed by atoms with E-state index in [0.29, 0.717) is 0 Å². The summed E-state index contributed by atoms with van der Waals surface area (Å²) in [7, 11) is 0. The van der Waals surface area contributed by atoms with Gasteiger partial charge in [0.25, 0.3) is 0 Å². The van der Waals surface area contributed by atoms with E-state index in [1.807, 2.05) is 0 Å². The van der Waals surface area contributed by atoms with Crippen molar-refractivity contribution in [2.24, 2.45) is 5.73 Å². The second kappa shape index (κ2) is 5.20. The lowest BCUT2D eigenvalue weighted by atomic mass is 10.0. The number of hydrogen-bond donors (Lipinski definition) is 4. The van der Waals surface area contributed by atoms with E-state index in [4.69, 9.17) is 15.2 Å². The van der Waals surface area contributed by atoms with Gasteiger partial charge in [0, 0.05) is 6.04 Å². The third kappa shape index (κ3) is 3.10. The van der Waals surface area contributed by atoms with E-state index in [9.17, 15) is 15.3 Å². The lowest BCUT2D eigenvalue weighted by Gasteiger charge is -2.39. The van der Waals surface area contributed by atoms with Gasteiger partial charge in [0.15, 0.2) is 6.29 Å². The molecule has 1 unspecified atom stereocenters. The molecule has 0 radical (unpaired) electrons. The molecule has 1 aliphatic rings. The molecule has 15 heavy (non-hydrogen) atoms. The van der Waals surface area contributed by atoms with Crippen molar-refractivity contribution >= 4 is 0 Å². The molecule has 0 aromatic rings. The topological polar surface area (TPSA) is 105 Å². The number of aliphatic hydroxyl groups is 3. The van der Waals surface area contributed by atoms with Gasteiger partial charge in [-0.1, -0.05) is 0 Å². The average Bonchev–Trinajstić information content (AvgIpc) is 2.18. The smallest absolute Gasteiger partial charge is 0.186 e. The monoisotopic (exact) mass is 221 g/mol. The number of aliphatic hydroxyl groups excluding tert-OH is 3. The molecule has 5 N–H and O–H groups in total. The first-order valence-corrected chi connectivity index (χ1v) is 5.00. The second-order valence-corrected chi connectivity index (χ2v) is 3.99. The highest BCUT2D eigenvalue weighted by Crippen LogP contribution is 2.21. The van der Waals surface area contributed by atoms with E-state index in [1.165, 1.54) is 0 Å². The summed E-state index contributed by atoms with van der Waals surface area (Å²) in [6.07, 6.45) is -5.14. The zero-order valence-electron chi connectivity index (χ0n) is 8.91. The van der Waals surface area contributed by atoms with Crippen molar-refractivity contribution in [1.82, 2.24) is 0 Å². The van der Waals surface area contributed by atoms with E-state index in [1.54, 1.807) is 13.8 Å². The van der Waals surface area contributed by atoms with Crippen molar-refractivity contribution < 1.29 is 24.8 Å². The maximum absolute atomic E-state index is 9.54. The van der Waals surface area contributed by atoms with E-state index >= 15 is 0 Å². The Bertz CT molecular complexity index is 201. The Hall–Kier alpha value is -0.240. The number of ether oxygens (including phenoxy) is 2. The summed E-state index contributed by atoms with van der Waals surface area (Å²) in [5.41, 5.74) is 5.48. The largest absolute Gasteiger partial charge is 0.388 e. The predicted octanol–water partition coefficient (Wildman–Crippen LogP) is -1.82. The minimum atomic E-state index is -1.26. The van der Waals surface area contributed by atoms with Crippen LogP contribution in [0.5, 0.6) is 0 Å². The highest BCUT2D eigenvalue weighted by Gasteiger charge is 2.42. The Morgan fingerprint density at radius 3 is 2.40 bits per heavy atom. The van der Waals surface area contributed by atoms with E-state index < -0.39 is 30.7 Å². The first-order chi connectivity index (χ1) is 6.93. The fraction of sp³-hybridized carbons (Fsp3) is 1.00. The third-order valence-electron chi connectivity index (χ3n) is 2.33. The maximum Gasteiger partial charge on any atom is 0.186 e. The van der Waals surface area contributed by atoms with Gasteiger partial charge in [-0.2, -0.15) is 0 Å². The van der Waals surface area contributed by atoms with Crippen LogP contribution in [-0.2, 0) is 9.47 Å². The highest BCUT2D eigenvalue weighted by atomic mass is 16.7. The second-order valence-electron chi connectivity index (χ2n) is 3.99. The Kier molecular flexibility index (Phi) is 4.45. The van der Waals surface area contributed by atoms with Crippen molar-refractivity contribution in [1.29, 1.82) is 0 Å². The zero-order valence-corrected chi connectivity index (χ0v) is 8.91. The van der Waals surface area contributed by atoms with Gasteiger partial charge in [-0.15, -0.1) is 0 Å². The fourth-order valence-electron chi connectivity index (χ4n) is 1.40. The first-order valence-electron chi connectivity index (χ1n) is 5.00. The van der Waals surface area contributed by atoms with Crippen LogP contribution in [0.2, 0.25) is 0 Å². The molecule has 6 nitrogen and oxygen atoms in total. The summed E-state index contributed by atoms with van der Waals surface area (Å²) in [4.78, 5) is 0. The van der Waals surface area contributed by atoms with Gasteiger partial charge >= 0.3 is 0 Å². The summed E-state index contributed by atoms with van der Waals surface area (Å²) in [6, 6.07) is -0.180. The van der Waals surface area contributed by atoms with Gasteiger partial charge < -0.3 is 30.5 Å². The summed E-state index contributed by atoms with van der Waals surface area (Å²) in [5.74, 6) is 0. The van der Waals surface area contributed by atoms with Gasteiger partial charge in [-0.3, -0.25) is 0 Å². The Balaban J connectivity index is 2.51. The fourth-order valence-corrected chi connectivity index (χ4v) is 1.40. The molecule has 0 spiro atoms.